The standard InChI is InChI=1S/C11H18N6/c1-12-9-14-10(13-8-4-5-8)16-11(15-9)17-6-2-3-7-17/h8H,2-7H2,1H3,(H2,12,13,14,15,16). The molecule has 92 valence electrons. The topological polar surface area (TPSA) is 66.0 Å². The maximum Gasteiger partial charge on any atom is 0.231 e. The quantitative estimate of drug-likeness (QED) is 0.813. The van der Waals surface area contributed by atoms with Gasteiger partial charge in [-0.05, 0) is 25.7 Å². The van der Waals surface area contributed by atoms with E-state index in [1.165, 1.54) is 25.7 Å². The van der Waals surface area contributed by atoms with Gasteiger partial charge in [-0.15, -0.1) is 0 Å². The fourth-order valence-electron chi connectivity index (χ4n) is 2.01. The first-order valence-corrected chi connectivity index (χ1v) is 6.30. The SMILES string of the molecule is CNc1nc(NC2CC2)nc(N2CCCC2)n1. The van der Waals surface area contributed by atoms with Gasteiger partial charge in [0.1, 0.15) is 0 Å². The molecule has 1 aromatic rings. The van der Waals surface area contributed by atoms with E-state index in [1.807, 2.05) is 7.05 Å². The Morgan fingerprint density at radius 3 is 2.41 bits per heavy atom. The molecule has 2 heterocycles. The number of aromatic nitrogens is 3. The molecule has 1 aromatic heterocycles. The van der Waals surface area contributed by atoms with E-state index in [1.54, 1.807) is 0 Å². The summed E-state index contributed by atoms with van der Waals surface area (Å²) in [6.07, 6.45) is 4.90. The van der Waals surface area contributed by atoms with Gasteiger partial charge in [-0.1, -0.05) is 0 Å². The van der Waals surface area contributed by atoms with Gasteiger partial charge in [-0.2, -0.15) is 15.0 Å². The van der Waals surface area contributed by atoms with Crippen LogP contribution in [0.5, 0.6) is 0 Å². The summed E-state index contributed by atoms with van der Waals surface area (Å²) in [7, 11) is 1.84. The van der Waals surface area contributed by atoms with E-state index >= 15 is 0 Å². The molecular weight excluding hydrogens is 216 g/mol. The largest absolute Gasteiger partial charge is 0.357 e. The van der Waals surface area contributed by atoms with Crippen molar-refractivity contribution in [2.45, 2.75) is 31.7 Å². The van der Waals surface area contributed by atoms with Crippen molar-refractivity contribution in [2.24, 2.45) is 0 Å². The molecular formula is C11H18N6. The van der Waals surface area contributed by atoms with Gasteiger partial charge in [0.05, 0.1) is 0 Å². The summed E-state index contributed by atoms with van der Waals surface area (Å²) >= 11 is 0. The number of nitrogens with one attached hydrogen (secondary N) is 2. The first-order chi connectivity index (χ1) is 8.35. The van der Waals surface area contributed by atoms with Gasteiger partial charge in [0.2, 0.25) is 17.8 Å². The Kier molecular flexibility index (Phi) is 2.70. The highest BCUT2D eigenvalue weighted by Crippen LogP contribution is 2.24. The van der Waals surface area contributed by atoms with Gasteiger partial charge in [-0.3, -0.25) is 0 Å². The van der Waals surface area contributed by atoms with Crippen molar-refractivity contribution in [3.63, 3.8) is 0 Å². The Bertz CT molecular complexity index is 397. The van der Waals surface area contributed by atoms with Crippen LogP contribution in [0.1, 0.15) is 25.7 Å². The van der Waals surface area contributed by atoms with E-state index in [2.05, 4.69) is 30.5 Å². The smallest absolute Gasteiger partial charge is 0.231 e. The van der Waals surface area contributed by atoms with Crippen LogP contribution in [0, 0.1) is 0 Å². The van der Waals surface area contributed by atoms with Crippen LogP contribution in [-0.2, 0) is 0 Å². The molecule has 0 spiro atoms. The third-order valence-electron chi connectivity index (χ3n) is 3.15. The number of nitrogens with zero attached hydrogens (tertiary/aromatic N) is 4. The van der Waals surface area contributed by atoms with Crippen molar-refractivity contribution in [3.8, 4) is 0 Å². The molecule has 2 aliphatic rings. The summed E-state index contributed by atoms with van der Waals surface area (Å²) in [4.78, 5) is 15.5. The molecule has 2 N–H and O–H groups in total. The van der Waals surface area contributed by atoms with Crippen molar-refractivity contribution in [1.82, 2.24) is 15.0 Å². The molecule has 2 fully saturated rings. The van der Waals surface area contributed by atoms with Gasteiger partial charge in [-0.25, -0.2) is 0 Å². The van der Waals surface area contributed by atoms with Gasteiger partial charge in [0.15, 0.2) is 0 Å². The summed E-state index contributed by atoms with van der Waals surface area (Å²) in [6, 6.07) is 0.563. The molecule has 1 saturated heterocycles. The van der Waals surface area contributed by atoms with Crippen LogP contribution in [0.25, 0.3) is 0 Å². The molecule has 0 amide bonds. The van der Waals surface area contributed by atoms with Crippen molar-refractivity contribution >= 4 is 17.8 Å². The van der Waals surface area contributed by atoms with Crippen molar-refractivity contribution in [2.75, 3.05) is 35.7 Å². The first-order valence-electron chi connectivity index (χ1n) is 6.30. The average molecular weight is 234 g/mol. The predicted molar refractivity (Wildman–Crippen MR) is 67.5 cm³/mol. The van der Waals surface area contributed by atoms with Crippen LogP contribution < -0.4 is 15.5 Å². The minimum Gasteiger partial charge on any atom is -0.357 e. The lowest BCUT2D eigenvalue weighted by atomic mass is 10.4. The molecule has 17 heavy (non-hydrogen) atoms. The van der Waals surface area contributed by atoms with Gasteiger partial charge in [0, 0.05) is 26.2 Å². The second-order valence-corrected chi connectivity index (χ2v) is 4.65. The third-order valence-corrected chi connectivity index (χ3v) is 3.15. The molecule has 0 bridgehead atoms. The van der Waals surface area contributed by atoms with E-state index < -0.39 is 0 Å². The molecule has 3 rings (SSSR count). The van der Waals surface area contributed by atoms with Crippen LogP contribution >= 0.6 is 0 Å². The zero-order valence-corrected chi connectivity index (χ0v) is 10.1. The van der Waals surface area contributed by atoms with E-state index in [0.717, 1.165) is 19.0 Å². The summed E-state index contributed by atoms with van der Waals surface area (Å²) in [5.41, 5.74) is 0. The van der Waals surface area contributed by atoms with Gasteiger partial charge in [0.25, 0.3) is 0 Å². The van der Waals surface area contributed by atoms with Crippen LogP contribution in [-0.4, -0.2) is 41.1 Å². The molecule has 0 aromatic carbocycles. The Balaban J connectivity index is 1.84. The number of rotatable bonds is 4. The fourth-order valence-corrected chi connectivity index (χ4v) is 2.01. The monoisotopic (exact) mass is 234 g/mol. The minimum absolute atomic E-state index is 0.563. The van der Waals surface area contributed by atoms with Crippen LogP contribution in [0.4, 0.5) is 17.8 Å². The van der Waals surface area contributed by atoms with E-state index in [4.69, 9.17) is 0 Å². The van der Waals surface area contributed by atoms with E-state index in [0.29, 0.717) is 17.9 Å². The van der Waals surface area contributed by atoms with Crippen LogP contribution in [0.15, 0.2) is 0 Å². The fraction of sp³-hybridized carbons (Fsp3) is 0.727. The third kappa shape index (κ3) is 2.40. The lowest BCUT2D eigenvalue weighted by Gasteiger charge is -2.16. The summed E-state index contributed by atoms with van der Waals surface area (Å²) in [5, 5.41) is 6.32. The zero-order chi connectivity index (χ0) is 11.7. The molecule has 0 unspecified atom stereocenters. The van der Waals surface area contributed by atoms with E-state index in [9.17, 15) is 0 Å². The maximum absolute atomic E-state index is 4.50. The highest BCUT2D eigenvalue weighted by molar-refractivity contribution is 5.44. The Hall–Kier alpha value is -1.59. The number of hydrogen-bond acceptors (Lipinski definition) is 6. The summed E-state index contributed by atoms with van der Waals surface area (Å²) in [6.45, 7) is 2.10. The van der Waals surface area contributed by atoms with Crippen LogP contribution in [0.2, 0.25) is 0 Å². The van der Waals surface area contributed by atoms with Gasteiger partial charge >= 0.3 is 0 Å². The molecule has 1 aliphatic heterocycles. The number of anilines is 3. The number of hydrogen-bond donors (Lipinski definition) is 2. The molecule has 1 aliphatic carbocycles. The lowest BCUT2D eigenvalue weighted by Crippen LogP contribution is -2.22. The van der Waals surface area contributed by atoms with Crippen molar-refractivity contribution in [1.29, 1.82) is 0 Å². The molecule has 0 radical (unpaired) electrons. The Labute approximate surface area is 101 Å². The Morgan fingerprint density at radius 1 is 1.06 bits per heavy atom. The van der Waals surface area contributed by atoms with Crippen LogP contribution in [0.3, 0.4) is 0 Å². The minimum atomic E-state index is 0.563. The molecule has 1 saturated carbocycles. The normalized spacial score (nSPS) is 19.5. The Morgan fingerprint density at radius 2 is 1.76 bits per heavy atom. The zero-order valence-electron chi connectivity index (χ0n) is 10.1. The lowest BCUT2D eigenvalue weighted by molar-refractivity contribution is 0.878. The average Bonchev–Trinajstić information content (AvgIpc) is 2.99. The summed E-state index contributed by atoms with van der Waals surface area (Å²) in [5.74, 6) is 2.14. The maximum atomic E-state index is 4.50. The summed E-state index contributed by atoms with van der Waals surface area (Å²) < 4.78 is 0. The second-order valence-electron chi connectivity index (χ2n) is 4.65. The molecule has 0 atom stereocenters. The van der Waals surface area contributed by atoms with E-state index in [-0.39, 0.29) is 0 Å². The predicted octanol–water partition coefficient (Wildman–Crippen LogP) is 1.09. The molecule has 6 heteroatoms. The van der Waals surface area contributed by atoms with Crippen molar-refractivity contribution < 1.29 is 0 Å². The second kappa shape index (κ2) is 4.35. The first kappa shape index (κ1) is 10.6. The highest BCUT2D eigenvalue weighted by atomic mass is 15.3. The highest BCUT2D eigenvalue weighted by Gasteiger charge is 2.23. The van der Waals surface area contributed by atoms with Crippen molar-refractivity contribution in [3.05, 3.63) is 0 Å². The van der Waals surface area contributed by atoms with Gasteiger partial charge < -0.3 is 15.5 Å². The molecule has 6 nitrogen and oxygen atoms in total.